The maximum absolute atomic E-state index is 11.5. The lowest BCUT2D eigenvalue weighted by atomic mass is 10.2. The molecule has 0 unspecified atom stereocenters. The molecule has 0 aliphatic rings. The van der Waals surface area contributed by atoms with Crippen molar-refractivity contribution in [3.8, 4) is 5.75 Å². The number of halogens is 1. The van der Waals surface area contributed by atoms with Gasteiger partial charge < -0.3 is 15.2 Å². The summed E-state index contributed by atoms with van der Waals surface area (Å²) in [4.78, 5) is 33.3. The van der Waals surface area contributed by atoms with Gasteiger partial charge in [0, 0.05) is 5.02 Å². The van der Waals surface area contributed by atoms with Gasteiger partial charge in [0.05, 0.1) is 0 Å². The van der Waals surface area contributed by atoms with E-state index in [0.29, 0.717) is 10.8 Å². The van der Waals surface area contributed by atoms with Crippen molar-refractivity contribution in [3.05, 3.63) is 28.8 Å². The summed E-state index contributed by atoms with van der Waals surface area (Å²) in [5, 5.41) is 2.39. The molecule has 0 saturated heterocycles. The molecule has 8 heteroatoms. The molecule has 1 aromatic rings. The smallest absolute Gasteiger partial charge is 0.344 e. The van der Waals surface area contributed by atoms with Crippen molar-refractivity contribution in [2.24, 2.45) is 5.73 Å². The number of amides is 3. The number of hydrogen-bond acceptors (Lipinski definition) is 5. The van der Waals surface area contributed by atoms with Crippen LogP contribution in [0.3, 0.4) is 0 Å². The number of aryl methyl sites for hydroxylation is 1. The molecule has 114 valence electrons. The minimum Gasteiger partial charge on any atom is -0.482 e. The molecule has 3 amide bonds. The molecule has 3 N–H and O–H groups in total. The van der Waals surface area contributed by atoms with Gasteiger partial charge in [-0.2, -0.15) is 0 Å². The minimum atomic E-state index is -1.15. The van der Waals surface area contributed by atoms with E-state index < -0.39 is 24.0 Å². The second-order valence-corrected chi connectivity index (χ2v) is 4.59. The van der Waals surface area contributed by atoms with Gasteiger partial charge >= 0.3 is 12.0 Å². The van der Waals surface area contributed by atoms with E-state index in [1.807, 2.05) is 0 Å². The third-order valence-corrected chi connectivity index (χ3v) is 2.83. The van der Waals surface area contributed by atoms with Crippen LogP contribution in [0.1, 0.15) is 12.5 Å². The molecule has 1 rings (SSSR count). The van der Waals surface area contributed by atoms with E-state index in [4.69, 9.17) is 26.8 Å². The highest BCUT2D eigenvalue weighted by molar-refractivity contribution is 6.31. The van der Waals surface area contributed by atoms with Gasteiger partial charge in [0.2, 0.25) is 0 Å². The molecule has 1 atom stereocenters. The first-order valence-electron chi connectivity index (χ1n) is 5.98. The van der Waals surface area contributed by atoms with Crippen LogP contribution < -0.4 is 15.8 Å². The number of carbonyl (C=O) groups is 3. The summed E-state index contributed by atoms with van der Waals surface area (Å²) >= 11 is 5.86. The number of nitrogens with one attached hydrogen (secondary N) is 1. The monoisotopic (exact) mass is 314 g/mol. The van der Waals surface area contributed by atoms with Crippen molar-refractivity contribution in [2.75, 3.05) is 6.61 Å². The van der Waals surface area contributed by atoms with Crippen molar-refractivity contribution in [1.29, 1.82) is 0 Å². The topological polar surface area (TPSA) is 108 Å². The molecule has 0 radical (unpaired) electrons. The van der Waals surface area contributed by atoms with Crippen LogP contribution in [0.25, 0.3) is 0 Å². The van der Waals surface area contributed by atoms with Crippen molar-refractivity contribution < 1.29 is 23.9 Å². The molecule has 0 heterocycles. The van der Waals surface area contributed by atoms with Gasteiger partial charge in [-0.05, 0) is 37.6 Å². The molecule has 7 nitrogen and oxygen atoms in total. The first-order valence-corrected chi connectivity index (χ1v) is 6.36. The van der Waals surface area contributed by atoms with Crippen molar-refractivity contribution >= 4 is 29.5 Å². The number of imide groups is 1. The number of primary amides is 1. The molecule has 1 aromatic carbocycles. The van der Waals surface area contributed by atoms with Crippen LogP contribution in [0.2, 0.25) is 5.02 Å². The summed E-state index contributed by atoms with van der Waals surface area (Å²) in [6, 6.07) is 3.89. The zero-order valence-corrected chi connectivity index (χ0v) is 12.3. The lowest BCUT2D eigenvalue weighted by Gasteiger charge is -2.12. The second-order valence-electron chi connectivity index (χ2n) is 4.19. The van der Waals surface area contributed by atoms with E-state index in [9.17, 15) is 14.4 Å². The Morgan fingerprint density at radius 2 is 2.05 bits per heavy atom. The van der Waals surface area contributed by atoms with Crippen molar-refractivity contribution in [3.63, 3.8) is 0 Å². The quantitative estimate of drug-likeness (QED) is 0.793. The molecule has 0 aromatic heterocycles. The van der Waals surface area contributed by atoms with E-state index in [1.165, 1.54) is 6.92 Å². The van der Waals surface area contributed by atoms with E-state index in [0.717, 1.165) is 5.56 Å². The average molecular weight is 315 g/mol. The summed E-state index contributed by atoms with van der Waals surface area (Å²) in [6.07, 6.45) is -1.15. The highest BCUT2D eigenvalue weighted by Gasteiger charge is 2.19. The Kier molecular flexibility index (Phi) is 5.98. The Balaban J connectivity index is 2.45. The van der Waals surface area contributed by atoms with E-state index in [2.05, 4.69) is 0 Å². The summed E-state index contributed by atoms with van der Waals surface area (Å²) in [5.74, 6) is -1.11. The molecule has 0 bridgehead atoms. The second kappa shape index (κ2) is 7.49. The third kappa shape index (κ3) is 5.70. The van der Waals surface area contributed by atoms with Crippen LogP contribution in [0.15, 0.2) is 18.2 Å². The largest absolute Gasteiger partial charge is 0.482 e. The number of carbonyl (C=O) groups excluding carboxylic acids is 3. The molecular weight excluding hydrogens is 300 g/mol. The molecule has 0 spiro atoms. The van der Waals surface area contributed by atoms with Gasteiger partial charge in [-0.1, -0.05) is 11.6 Å². The number of nitrogens with two attached hydrogens (primary N) is 1. The minimum absolute atomic E-state index is 0.380. The molecule has 0 aliphatic heterocycles. The molecule has 0 fully saturated rings. The lowest BCUT2D eigenvalue weighted by molar-refractivity contribution is -0.156. The fraction of sp³-hybridized carbons (Fsp3) is 0.308. The summed E-state index contributed by atoms with van der Waals surface area (Å²) in [5.41, 5.74) is 5.58. The standard InChI is InChI=1S/C13H15ClN2O5/c1-7-5-9(3-4-10(7)14)20-6-11(17)21-8(2)12(18)16-13(15)19/h3-5,8H,6H2,1-2H3,(H3,15,16,18,19)/t8-/m0/s1. The van der Waals surface area contributed by atoms with Crippen LogP contribution in [-0.4, -0.2) is 30.6 Å². The van der Waals surface area contributed by atoms with Gasteiger partial charge in [0.1, 0.15) is 5.75 Å². The molecule has 0 saturated carbocycles. The van der Waals surface area contributed by atoms with Crippen LogP contribution in [0.4, 0.5) is 4.79 Å². The zero-order valence-electron chi connectivity index (χ0n) is 11.5. The highest BCUT2D eigenvalue weighted by atomic mass is 35.5. The Hall–Kier alpha value is -2.28. The van der Waals surface area contributed by atoms with Crippen LogP contribution >= 0.6 is 11.6 Å². The normalized spacial score (nSPS) is 11.4. The number of ether oxygens (including phenoxy) is 2. The number of urea groups is 1. The first-order chi connectivity index (χ1) is 9.79. The predicted molar refractivity (Wildman–Crippen MR) is 75.0 cm³/mol. The van der Waals surface area contributed by atoms with Gasteiger partial charge in [0.25, 0.3) is 5.91 Å². The van der Waals surface area contributed by atoms with Crippen LogP contribution in [0, 0.1) is 6.92 Å². The number of rotatable bonds is 5. The highest BCUT2D eigenvalue weighted by Crippen LogP contribution is 2.20. The van der Waals surface area contributed by atoms with Gasteiger partial charge in [-0.15, -0.1) is 0 Å². The fourth-order valence-corrected chi connectivity index (χ4v) is 1.47. The summed E-state index contributed by atoms with van der Waals surface area (Å²) in [7, 11) is 0. The van der Waals surface area contributed by atoms with E-state index in [-0.39, 0.29) is 6.61 Å². The third-order valence-electron chi connectivity index (χ3n) is 2.41. The van der Waals surface area contributed by atoms with E-state index in [1.54, 1.807) is 30.4 Å². The van der Waals surface area contributed by atoms with Crippen molar-refractivity contribution in [1.82, 2.24) is 5.32 Å². The average Bonchev–Trinajstić information content (AvgIpc) is 2.39. The maximum atomic E-state index is 11.5. The zero-order chi connectivity index (χ0) is 16.0. The number of esters is 1. The Morgan fingerprint density at radius 3 is 2.62 bits per heavy atom. The SMILES string of the molecule is Cc1cc(OCC(=O)O[C@@H](C)C(=O)NC(N)=O)ccc1Cl. The molecule has 0 aliphatic carbocycles. The van der Waals surface area contributed by atoms with Gasteiger partial charge in [0.15, 0.2) is 12.7 Å². The van der Waals surface area contributed by atoms with Gasteiger partial charge in [-0.25, -0.2) is 9.59 Å². The Morgan fingerprint density at radius 1 is 1.38 bits per heavy atom. The molecule has 21 heavy (non-hydrogen) atoms. The van der Waals surface area contributed by atoms with E-state index >= 15 is 0 Å². The maximum Gasteiger partial charge on any atom is 0.344 e. The van der Waals surface area contributed by atoms with Crippen molar-refractivity contribution in [2.45, 2.75) is 20.0 Å². The number of benzene rings is 1. The Bertz CT molecular complexity index is 561. The number of hydrogen-bond donors (Lipinski definition) is 2. The Labute approximate surface area is 126 Å². The first kappa shape index (κ1) is 16.8. The van der Waals surface area contributed by atoms with Gasteiger partial charge in [-0.3, -0.25) is 10.1 Å². The fourth-order valence-electron chi connectivity index (χ4n) is 1.36. The lowest BCUT2D eigenvalue weighted by Crippen LogP contribution is -2.42. The summed E-state index contributed by atoms with van der Waals surface area (Å²) in [6.45, 7) is 2.72. The van der Waals surface area contributed by atoms with Crippen LogP contribution in [-0.2, 0) is 14.3 Å². The predicted octanol–water partition coefficient (Wildman–Crippen LogP) is 1.15. The van der Waals surface area contributed by atoms with Crippen LogP contribution in [0.5, 0.6) is 5.75 Å². The molecular formula is C13H15ClN2O5. The summed E-state index contributed by atoms with van der Waals surface area (Å²) < 4.78 is 9.99.